The summed E-state index contributed by atoms with van der Waals surface area (Å²) in [6, 6.07) is 5.17. The van der Waals surface area contributed by atoms with Crippen LogP contribution in [0.5, 0.6) is 0 Å². The van der Waals surface area contributed by atoms with E-state index in [1.807, 2.05) is 6.92 Å². The molecule has 0 unspecified atom stereocenters. The largest absolute Gasteiger partial charge is 0.487 e. The molecule has 0 aromatic heterocycles. The second-order valence-corrected chi connectivity index (χ2v) is 5.66. The summed E-state index contributed by atoms with van der Waals surface area (Å²) >= 11 is 1.54. The van der Waals surface area contributed by atoms with Crippen molar-refractivity contribution in [2.24, 2.45) is 0 Å². The quantitative estimate of drug-likeness (QED) is 0.818. The third-order valence-electron chi connectivity index (χ3n) is 3.03. The van der Waals surface area contributed by atoms with Crippen LogP contribution in [0.15, 0.2) is 42.0 Å². The van der Waals surface area contributed by atoms with Gasteiger partial charge in [-0.3, -0.25) is 9.59 Å². The highest BCUT2D eigenvalue weighted by Gasteiger charge is 2.16. The lowest BCUT2D eigenvalue weighted by Gasteiger charge is -2.15. The van der Waals surface area contributed by atoms with Gasteiger partial charge in [-0.2, -0.15) is 0 Å². The average Bonchev–Trinajstić information content (AvgIpc) is 2.55. The molecule has 2 rings (SSSR count). The second-order valence-electron chi connectivity index (χ2n) is 4.68. The number of ether oxygens (including phenoxy) is 1. The minimum absolute atomic E-state index is 0.209. The number of aryl methyl sites for hydroxylation is 1. The highest BCUT2D eigenvalue weighted by atomic mass is 32.2. The molecule has 0 bridgehead atoms. The Hall–Kier alpha value is -2.21. The molecule has 1 heterocycles. The fraction of sp³-hybridized carbons (Fsp3) is 0.250. The molecule has 2 amide bonds. The molecule has 1 aliphatic rings. The molecule has 0 spiro atoms. The van der Waals surface area contributed by atoms with E-state index in [0.717, 1.165) is 11.3 Å². The van der Waals surface area contributed by atoms with Crippen molar-refractivity contribution in [3.8, 4) is 0 Å². The molecule has 0 aliphatic carbocycles. The van der Waals surface area contributed by atoms with E-state index in [0.29, 0.717) is 30.2 Å². The fourth-order valence-electron chi connectivity index (χ4n) is 1.84. The second kappa shape index (κ2) is 7.70. The van der Waals surface area contributed by atoms with E-state index in [4.69, 9.17) is 4.74 Å². The summed E-state index contributed by atoms with van der Waals surface area (Å²) in [4.78, 5) is 24.1. The van der Waals surface area contributed by atoms with Crippen LogP contribution in [0, 0.1) is 6.92 Å². The number of amides is 2. The van der Waals surface area contributed by atoms with Crippen LogP contribution in [-0.4, -0.2) is 30.7 Å². The molecule has 5 nitrogen and oxygen atoms in total. The maximum atomic E-state index is 12.1. The predicted octanol–water partition coefficient (Wildman–Crippen LogP) is 2.45. The number of nitrogens with one attached hydrogen (secondary N) is 2. The highest BCUT2D eigenvalue weighted by Crippen LogP contribution is 2.20. The molecule has 0 fully saturated rings. The van der Waals surface area contributed by atoms with Crippen LogP contribution >= 0.6 is 11.8 Å². The number of benzene rings is 1. The highest BCUT2D eigenvalue weighted by molar-refractivity contribution is 8.02. The topological polar surface area (TPSA) is 67.4 Å². The Morgan fingerprint density at radius 3 is 2.91 bits per heavy atom. The number of anilines is 1. The number of rotatable bonds is 5. The third kappa shape index (κ3) is 4.14. The van der Waals surface area contributed by atoms with Gasteiger partial charge in [-0.15, -0.1) is 18.3 Å². The monoisotopic (exact) mass is 318 g/mol. The molecule has 0 atom stereocenters. The standard InChI is InChI=1S/C16H18N2O3S/c1-3-6-17-15(19)12-5-4-11(2)13(9-12)18-16(20)14-10-22-8-7-21-14/h3-5,9-10H,1,6-8H2,2H3,(H,17,19)(H,18,20). The van der Waals surface area contributed by atoms with E-state index < -0.39 is 0 Å². The van der Waals surface area contributed by atoms with Crippen molar-refractivity contribution < 1.29 is 14.3 Å². The number of hydrogen-bond acceptors (Lipinski definition) is 4. The van der Waals surface area contributed by atoms with Gasteiger partial charge in [0.2, 0.25) is 0 Å². The molecule has 0 radical (unpaired) electrons. The Labute approximate surface area is 133 Å². The zero-order valence-corrected chi connectivity index (χ0v) is 13.2. The van der Waals surface area contributed by atoms with Crippen LogP contribution in [0.25, 0.3) is 0 Å². The molecule has 1 aromatic carbocycles. The van der Waals surface area contributed by atoms with Gasteiger partial charge in [-0.05, 0) is 24.6 Å². The maximum absolute atomic E-state index is 12.1. The normalized spacial score (nSPS) is 13.6. The summed E-state index contributed by atoms with van der Waals surface area (Å²) in [5.41, 5.74) is 1.95. The van der Waals surface area contributed by atoms with Crippen molar-refractivity contribution in [2.75, 3.05) is 24.2 Å². The number of thioether (sulfide) groups is 1. The van der Waals surface area contributed by atoms with Gasteiger partial charge in [-0.1, -0.05) is 12.1 Å². The van der Waals surface area contributed by atoms with Crippen LogP contribution in [0.2, 0.25) is 0 Å². The number of carbonyl (C=O) groups excluding carboxylic acids is 2. The van der Waals surface area contributed by atoms with Crippen LogP contribution in [0.3, 0.4) is 0 Å². The average molecular weight is 318 g/mol. The van der Waals surface area contributed by atoms with Gasteiger partial charge in [0.15, 0.2) is 5.76 Å². The van der Waals surface area contributed by atoms with Crippen LogP contribution in [0.1, 0.15) is 15.9 Å². The molecule has 2 N–H and O–H groups in total. The molecule has 0 saturated carbocycles. The Kier molecular flexibility index (Phi) is 5.66. The fourth-order valence-corrected chi connectivity index (χ4v) is 2.46. The maximum Gasteiger partial charge on any atom is 0.291 e. The predicted molar refractivity (Wildman–Crippen MR) is 88.8 cm³/mol. The van der Waals surface area contributed by atoms with Gasteiger partial charge >= 0.3 is 0 Å². The van der Waals surface area contributed by atoms with Crippen molar-refractivity contribution in [2.45, 2.75) is 6.92 Å². The summed E-state index contributed by atoms with van der Waals surface area (Å²) < 4.78 is 5.32. The van der Waals surface area contributed by atoms with E-state index in [9.17, 15) is 9.59 Å². The summed E-state index contributed by atoms with van der Waals surface area (Å²) in [7, 11) is 0. The Balaban J connectivity index is 2.12. The van der Waals surface area contributed by atoms with Gasteiger partial charge in [0.1, 0.15) is 0 Å². The molecular formula is C16H18N2O3S. The molecule has 0 saturated heterocycles. The summed E-state index contributed by atoms with van der Waals surface area (Å²) in [6.45, 7) is 6.34. The van der Waals surface area contributed by atoms with Crippen molar-refractivity contribution >= 4 is 29.3 Å². The van der Waals surface area contributed by atoms with Gasteiger partial charge in [0.05, 0.1) is 6.61 Å². The Morgan fingerprint density at radius 1 is 1.41 bits per heavy atom. The van der Waals surface area contributed by atoms with E-state index in [1.54, 1.807) is 41.4 Å². The molecule has 22 heavy (non-hydrogen) atoms. The van der Waals surface area contributed by atoms with Crippen molar-refractivity contribution in [3.63, 3.8) is 0 Å². The van der Waals surface area contributed by atoms with E-state index in [2.05, 4.69) is 17.2 Å². The molecule has 1 aromatic rings. The zero-order chi connectivity index (χ0) is 15.9. The minimum atomic E-state index is -0.307. The van der Waals surface area contributed by atoms with Gasteiger partial charge in [-0.25, -0.2) is 0 Å². The third-order valence-corrected chi connectivity index (χ3v) is 3.81. The van der Waals surface area contributed by atoms with Crippen molar-refractivity contribution in [3.05, 3.63) is 53.1 Å². The lowest BCUT2D eigenvalue weighted by Crippen LogP contribution is -2.24. The van der Waals surface area contributed by atoms with Crippen LogP contribution < -0.4 is 10.6 Å². The number of carbonyl (C=O) groups is 2. The van der Waals surface area contributed by atoms with E-state index in [1.165, 1.54) is 0 Å². The number of hydrogen-bond donors (Lipinski definition) is 2. The van der Waals surface area contributed by atoms with Gasteiger partial charge in [0, 0.05) is 29.0 Å². The van der Waals surface area contributed by atoms with Crippen LogP contribution in [-0.2, 0) is 9.53 Å². The smallest absolute Gasteiger partial charge is 0.291 e. The molecule has 116 valence electrons. The first-order valence-corrected chi connectivity index (χ1v) is 7.92. The van der Waals surface area contributed by atoms with Gasteiger partial charge in [0.25, 0.3) is 11.8 Å². The first kappa shape index (κ1) is 16.2. The first-order chi connectivity index (χ1) is 10.6. The van der Waals surface area contributed by atoms with E-state index in [-0.39, 0.29) is 11.8 Å². The van der Waals surface area contributed by atoms with Gasteiger partial charge < -0.3 is 15.4 Å². The molecular weight excluding hydrogens is 300 g/mol. The molecule has 6 heteroatoms. The van der Waals surface area contributed by atoms with Crippen molar-refractivity contribution in [1.82, 2.24) is 5.32 Å². The summed E-state index contributed by atoms with van der Waals surface area (Å²) in [6.07, 6.45) is 1.61. The summed E-state index contributed by atoms with van der Waals surface area (Å²) in [5, 5.41) is 7.19. The first-order valence-electron chi connectivity index (χ1n) is 6.87. The minimum Gasteiger partial charge on any atom is -0.487 e. The van der Waals surface area contributed by atoms with Crippen molar-refractivity contribution in [1.29, 1.82) is 0 Å². The molecule has 1 aliphatic heterocycles. The Morgan fingerprint density at radius 2 is 2.23 bits per heavy atom. The Bertz CT molecular complexity index is 626. The summed E-state index contributed by atoms with van der Waals surface area (Å²) in [5.74, 6) is 0.629. The lowest BCUT2D eigenvalue weighted by molar-refractivity contribution is -0.116. The SMILES string of the molecule is C=CCNC(=O)c1ccc(C)c(NC(=O)C2=CSCCO2)c1. The van der Waals surface area contributed by atoms with E-state index >= 15 is 0 Å². The van der Waals surface area contributed by atoms with Crippen LogP contribution in [0.4, 0.5) is 5.69 Å². The lowest BCUT2D eigenvalue weighted by atomic mass is 10.1. The zero-order valence-electron chi connectivity index (χ0n) is 12.3.